The van der Waals surface area contributed by atoms with E-state index in [0.717, 1.165) is 37.2 Å². The first-order valence-electron chi connectivity index (χ1n) is 13.1. The van der Waals surface area contributed by atoms with E-state index in [0.29, 0.717) is 39.0 Å². The first kappa shape index (κ1) is 27.1. The van der Waals surface area contributed by atoms with Crippen LogP contribution in [0.5, 0.6) is 0 Å². The summed E-state index contributed by atoms with van der Waals surface area (Å²) in [6.07, 6.45) is 5.60. The number of anilines is 3. The molecule has 3 heterocycles. The molecule has 1 aliphatic heterocycles. The molecule has 0 radical (unpaired) electrons. The van der Waals surface area contributed by atoms with E-state index in [9.17, 15) is 14.0 Å². The molecule has 0 bridgehead atoms. The number of benzene rings is 3. The van der Waals surface area contributed by atoms with Crippen molar-refractivity contribution < 1.29 is 8.78 Å². The van der Waals surface area contributed by atoms with Crippen LogP contribution >= 0.6 is 23.2 Å². The number of hydrogen-bond acceptors (Lipinski definition) is 5. The van der Waals surface area contributed by atoms with Gasteiger partial charge in [0.25, 0.3) is 0 Å². The number of nitriles is 1. The minimum Gasteiger partial charge on any atom is -0.373 e. The van der Waals surface area contributed by atoms with Gasteiger partial charge in [-0.2, -0.15) is 5.26 Å². The van der Waals surface area contributed by atoms with Gasteiger partial charge in [0.2, 0.25) is 0 Å². The van der Waals surface area contributed by atoms with Crippen molar-refractivity contribution in [3.63, 3.8) is 0 Å². The van der Waals surface area contributed by atoms with E-state index in [1.165, 1.54) is 36.5 Å². The molecule has 0 amide bonds. The highest BCUT2D eigenvalue weighted by Gasteiger charge is 2.23. The Bertz CT molecular complexity index is 1740. The van der Waals surface area contributed by atoms with Gasteiger partial charge in [0.1, 0.15) is 17.7 Å². The number of hydrogen-bond donors (Lipinski definition) is 4. The van der Waals surface area contributed by atoms with Crippen molar-refractivity contribution in [1.29, 1.82) is 5.26 Å². The lowest BCUT2D eigenvalue weighted by Gasteiger charge is -2.31. The van der Waals surface area contributed by atoms with E-state index in [1.54, 1.807) is 18.2 Å². The van der Waals surface area contributed by atoms with Gasteiger partial charge in [-0.1, -0.05) is 35.3 Å². The number of nitrogens with one attached hydrogen (secondary N) is 4. The number of halogens is 4. The molecular formula is C30H25Cl2F2N7. The molecule has 4 N–H and O–H groups in total. The summed E-state index contributed by atoms with van der Waals surface area (Å²) in [5, 5.41) is 24.3. The summed E-state index contributed by atoms with van der Waals surface area (Å²) in [6.45, 7) is 1.95. The Kier molecular flexibility index (Phi) is 7.54. The number of pyridine rings is 1. The van der Waals surface area contributed by atoms with Gasteiger partial charge in [-0.15, -0.1) is 0 Å². The number of fused-ring (bicyclic) bond motifs is 1. The van der Waals surface area contributed by atoms with Crippen molar-refractivity contribution in [2.45, 2.75) is 24.9 Å². The van der Waals surface area contributed by atoms with Crippen molar-refractivity contribution in [3.8, 4) is 6.07 Å². The summed E-state index contributed by atoms with van der Waals surface area (Å²) < 4.78 is 29.7. The third kappa shape index (κ3) is 5.59. The van der Waals surface area contributed by atoms with Crippen molar-refractivity contribution in [3.05, 3.63) is 105 Å². The highest BCUT2D eigenvalue weighted by molar-refractivity contribution is 6.36. The van der Waals surface area contributed by atoms with Crippen LogP contribution in [0.1, 0.15) is 41.7 Å². The van der Waals surface area contributed by atoms with Crippen LogP contribution in [-0.2, 0) is 0 Å². The minimum absolute atomic E-state index is 0.0470. The molecule has 0 aliphatic carbocycles. The van der Waals surface area contributed by atoms with Crippen LogP contribution in [0.4, 0.5) is 25.8 Å². The zero-order valence-corrected chi connectivity index (χ0v) is 23.2. The van der Waals surface area contributed by atoms with E-state index in [1.807, 2.05) is 6.07 Å². The largest absolute Gasteiger partial charge is 0.373 e. The van der Waals surface area contributed by atoms with Gasteiger partial charge >= 0.3 is 0 Å². The fraction of sp³-hybridized carbons (Fsp3) is 0.200. The third-order valence-electron chi connectivity index (χ3n) is 7.30. The number of rotatable bonds is 7. The van der Waals surface area contributed by atoms with Crippen molar-refractivity contribution >= 4 is 51.2 Å². The first-order chi connectivity index (χ1) is 19.9. The lowest BCUT2D eigenvalue weighted by molar-refractivity contribution is 0.321. The SMILES string of the molecule is N#Cc1cnc2c(Cl)cc(N[C@@H](c3ccc(F)cc3)c3cn(C4CCNCC4)[nH]3)cc2c1Nc1ccc(F)c(Cl)c1. The van der Waals surface area contributed by atoms with E-state index < -0.39 is 5.82 Å². The number of H-pyrrole nitrogens is 1. The Labute approximate surface area is 245 Å². The second-order valence-electron chi connectivity index (χ2n) is 9.98. The second-order valence-corrected chi connectivity index (χ2v) is 10.8. The monoisotopic (exact) mass is 591 g/mol. The smallest absolute Gasteiger partial charge is 0.141 e. The van der Waals surface area contributed by atoms with E-state index in [4.69, 9.17) is 23.2 Å². The van der Waals surface area contributed by atoms with Crippen molar-refractivity contribution in [1.82, 2.24) is 20.1 Å². The maximum absolute atomic E-state index is 13.8. The van der Waals surface area contributed by atoms with Gasteiger partial charge in [0.15, 0.2) is 0 Å². The predicted molar refractivity (Wildman–Crippen MR) is 158 cm³/mol. The number of piperidine rings is 1. The van der Waals surface area contributed by atoms with Gasteiger partial charge in [-0.05, 0) is 74.0 Å². The Morgan fingerprint density at radius 2 is 1.73 bits per heavy atom. The topological polar surface area (TPSA) is 93.5 Å². The highest BCUT2D eigenvalue weighted by atomic mass is 35.5. The molecule has 2 aromatic heterocycles. The summed E-state index contributed by atoms with van der Waals surface area (Å²) in [7, 11) is 0. The fourth-order valence-electron chi connectivity index (χ4n) is 5.16. The van der Waals surface area contributed by atoms with Crippen LogP contribution in [0.3, 0.4) is 0 Å². The maximum Gasteiger partial charge on any atom is 0.141 e. The Morgan fingerprint density at radius 1 is 1.00 bits per heavy atom. The van der Waals surface area contributed by atoms with Gasteiger partial charge in [-0.25, -0.2) is 8.78 Å². The van der Waals surface area contributed by atoms with Gasteiger partial charge in [0, 0.05) is 29.2 Å². The molecule has 1 aliphatic rings. The minimum atomic E-state index is -0.545. The summed E-state index contributed by atoms with van der Waals surface area (Å²) >= 11 is 12.7. The maximum atomic E-state index is 13.8. The molecule has 0 unspecified atom stereocenters. The Morgan fingerprint density at radius 3 is 2.44 bits per heavy atom. The summed E-state index contributed by atoms with van der Waals surface area (Å²) in [6, 6.07) is 16.4. The van der Waals surface area contributed by atoms with E-state index in [-0.39, 0.29) is 22.4 Å². The second kappa shape index (κ2) is 11.4. The molecule has 0 saturated carbocycles. The summed E-state index contributed by atoms with van der Waals surface area (Å²) in [4.78, 5) is 4.41. The first-order valence-corrected chi connectivity index (χ1v) is 13.9. The molecule has 208 valence electrons. The van der Waals surface area contributed by atoms with Crippen LogP contribution in [0, 0.1) is 23.0 Å². The lowest BCUT2D eigenvalue weighted by atomic mass is 10.0. The molecule has 0 spiro atoms. The van der Waals surface area contributed by atoms with Crippen LogP contribution < -0.4 is 16.0 Å². The molecule has 5 aromatic rings. The zero-order chi connectivity index (χ0) is 28.5. The van der Waals surface area contributed by atoms with Crippen LogP contribution in [0.15, 0.2) is 67.0 Å². The molecule has 3 aromatic carbocycles. The standard InChI is InChI=1S/C30H25Cl2F2N7/c31-24-12-20(5-6-26(24)34)38-28-18(14-35)15-37-30-23(28)11-21(13-25(30)32)39-29(17-1-3-19(33)4-2-17)27-16-41(40-27)22-7-9-36-10-8-22/h1-6,11-13,15-16,22,29,36,39-40H,7-10H2,(H,37,38)/t29-/m0/s1. The normalized spacial score (nSPS) is 14.6. The van der Waals surface area contributed by atoms with E-state index >= 15 is 0 Å². The van der Waals surface area contributed by atoms with Gasteiger partial charge < -0.3 is 16.0 Å². The molecule has 11 heteroatoms. The highest BCUT2D eigenvalue weighted by Crippen LogP contribution is 2.37. The Hall–Kier alpha value is -4.10. The van der Waals surface area contributed by atoms with Crippen LogP contribution in [0.25, 0.3) is 10.9 Å². The summed E-state index contributed by atoms with van der Waals surface area (Å²) in [5.74, 6) is -0.865. The number of nitrogens with zero attached hydrogens (tertiary/aromatic N) is 3. The third-order valence-corrected chi connectivity index (χ3v) is 7.88. The molecule has 41 heavy (non-hydrogen) atoms. The fourth-order valence-corrected chi connectivity index (χ4v) is 5.61. The molecule has 6 rings (SSSR count). The van der Waals surface area contributed by atoms with Gasteiger partial charge in [-0.3, -0.25) is 14.8 Å². The van der Waals surface area contributed by atoms with Crippen molar-refractivity contribution in [2.24, 2.45) is 0 Å². The summed E-state index contributed by atoms with van der Waals surface area (Å²) in [5.41, 5.74) is 4.18. The Balaban J connectivity index is 1.39. The predicted octanol–water partition coefficient (Wildman–Crippen LogP) is 7.69. The van der Waals surface area contributed by atoms with Gasteiger partial charge in [0.05, 0.1) is 44.6 Å². The van der Waals surface area contributed by atoms with Crippen LogP contribution in [0.2, 0.25) is 10.0 Å². The molecule has 1 atom stereocenters. The lowest BCUT2D eigenvalue weighted by Crippen LogP contribution is -2.33. The van der Waals surface area contributed by atoms with Crippen LogP contribution in [-0.4, -0.2) is 27.9 Å². The molecule has 1 saturated heterocycles. The van der Waals surface area contributed by atoms with Crippen molar-refractivity contribution in [2.75, 3.05) is 23.7 Å². The average Bonchev–Trinajstić information content (AvgIpc) is 2.95. The molecule has 1 fully saturated rings. The molecule has 7 nitrogen and oxygen atoms in total. The zero-order valence-electron chi connectivity index (χ0n) is 21.7. The average molecular weight is 592 g/mol. The molecular weight excluding hydrogens is 567 g/mol. The number of aromatic amines is 1. The quantitative estimate of drug-likeness (QED) is 0.156. The van der Waals surface area contributed by atoms with E-state index in [2.05, 4.69) is 43.0 Å². The number of aromatic nitrogens is 3.